The minimum absolute atomic E-state index is 0.167. The monoisotopic (exact) mass is 272 g/mol. The maximum atomic E-state index is 11.7. The van der Waals surface area contributed by atoms with E-state index < -0.39 is 5.54 Å². The van der Waals surface area contributed by atoms with Gasteiger partial charge in [-0.15, -0.1) is 0 Å². The normalized spacial score (nSPS) is 27.9. The van der Waals surface area contributed by atoms with E-state index in [1.807, 2.05) is 18.8 Å². The highest BCUT2D eigenvalue weighted by Crippen LogP contribution is 2.38. The van der Waals surface area contributed by atoms with Crippen LogP contribution in [0, 0.1) is 11.8 Å². The second-order valence-corrected chi connectivity index (χ2v) is 6.98. The number of hydrogen-bond acceptors (Lipinski definition) is 3. The Kier molecular flexibility index (Phi) is 6.50. The highest BCUT2D eigenvalue weighted by Gasteiger charge is 2.45. The lowest BCUT2D eigenvalue weighted by Gasteiger charge is -2.32. The van der Waals surface area contributed by atoms with Gasteiger partial charge in [-0.1, -0.05) is 20.3 Å². The summed E-state index contributed by atoms with van der Waals surface area (Å²) >= 11 is 2.01. The van der Waals surface area contributed by atoms with Gasteiger partial charge in [0.05, 0.1) is 0 Å². The van der Waals surface area contributed by atoms with Crippen LogP contribution in [0.15, 0.2) is 0 Å². The van der Waals surface area contributed by atoms with Crippen LogP contribution in [-0.4, -0.2) is 30.0 Å². The fourth-order valence-electron chi connectivity index (χ4n) is 2.89. The number of nitrogens with one attached hydrogen (secondary N) is 1. The molecule has 0 spiro atoms. The van der Waals surface area contributed by atoms with Crippen molar-refractivity contribution < 1.29 is 4.79 Å². The summed E-state index contributed by atoms with van der Waals surface area (Å²) in [6.45, 7) is 4.52. The third-order valence-electron chi connectivity index (χ3n) is 4.16. The molecule has 0 aliphatic heterocycles. The van der Waals surface area contributed by atoms with E-state index in [0.29, 0.717) is 5.92 Å². The highest BCUT2D eigenvalue weighted by atomic mass is 32.2. The molecule has 18 heavy (non-hydrogen) atoms. The molecule has 1 rings (SSSR count). The molecule has 1 saturated carbocycles. The number of primary amides is 1. The second kappa shape index (κ2) is 7.39. The van der Waals surface area contributed by atoms with Crippen LogP contribution in [0.5, 0.6) is 0 Å². The molecule has 3 nitrogen and oxygen atoms in total. The van der Waals surface area contributed by atoms with Crippen LogP contribution in [0.4, 0.5) is 0 Å². The van der Waals surface area contributed by atoms with Gasteiger partial charge < -0.3 is 11.1 Å². The molecule has 1 aliphatic carbocycles. The molecule has 2 atom stereocenters. The summed E-state index contributed by atoms with van der Waals surface area (Å²) < 4.78 is 0. The van der Waals surface area contributed by atoms with Crippen molar-refractivity contribution in [2.24, 2.45) is 17.6 Å². The van der Waals surface area contributed by atoms with Crippen molar-refractivity contribution >= 4 is 17.7 Å². The molecule has 3 N–H and O–H groups in total. The van der Waals surface area contributed by atoms with Gasteiger partial charge in [0.15, 0.2) is 0 Å². The lowest BCUT2D eigenvalue weighted by Crippen LogP contribution is -2.56. The molecule has 1 amide bonds. The van der Waals surface area contributed by atoms with Crippen molar-refractivity contribution in [3.63, 3.8) is 0 Å². The Morgan fingerprint density at radius 3 is 2.78 bits per heavy atom. The number of amides is 1. The van der Waals surface area contributed by atoms with Gasteiger partial charge in [-0.05, 0) is 56.1 Å². The van der Waals surface area contributed by atoms with Gasteiger partial charge >= 0.3 is 0 Å². The molecule has 0 heterocycles. The zero-order chi connectivity index (χ0) is 13.6. The van der Waals surface area contributed by atoms with Crippen LogP contribution in [-0.2, 0) is 4.79 Å². The lowest BCUT2D eigenvalue weighted by molar-refractivity contribution is -0.125. The standard InChI is InChI=1S/C14H28N2OS/c1-11(2)6-9-18-10-7-12-5-4-8-14(12,16-3)13(15)17/h11-12,16H,4-10H2,1-3H3,(H2,15,17). The Morgan fingerprint density at radius 1 is 1.50 bits per heavy atom. The summed E-state index contributed by atoms with van der Waals surface area (Å²) in [7, 11) is 1.87. The van der Waals surface area contributed by atoms with Gasteiger partial charge in [0.2, 0.25) is 5.91 Å². The third-order valence-corrected chi connectivity index (χ3v) is 5.21. The van der Waals surface area contributed by atoms with E-state index in [1.54, 1.807) is 0 Å². The molecule has 0 saturated heterocycles. The van der Waals surface area contributed by atoms with Gasteiger partial charge in [-0.2, -0.15) is 11.8 Å². The molecule has 0 bridgehead atoms. The van der Waals surface area contributed by atoms with E-state index in [9.17, 15) is 4.79 Å². The van der Waals surface area contributed by atoms with Crippen molar-refractivity contribution in [1.29, 1.82) is 0 Å². The van der Waals surface area contributed by atoms with Gasteiger partial charge in [-0.3, -0.25) is 4.79 Å². The molecule has 0 aromatic carbocycles. The van der Waals surface area contributed by atoms with Gasteiger partial charge in [-0.25, -0.2) is 0 Å². The number of carbonyl (C=O) groups is 1. The lowest BCUT2D eigenvalue weighted by atomic mass is 9.84. The van der Waals surface area contributed by atoms with Crippen molar-refractivity contribution in [2.75, 3.05) is 18.6 Å². The molecule has 0 radical (unpaired) electrons. The number of nitrogens with two attached hydrogens (primary N) is 1. The number of hydrogen-bond donors (Lipinski definition) is 2. The van der Waals surface area contributed by atoms with Crippen molar-refractivity contribution in [3.8, 4) is 0 Å². The Morgan fingerprint density at radius 2 is 2.22 bits per heavy atom. The summed E-state index contributed by atoms with van der Waals surface area (Å²) in [6, 6.07) is 0. The highest BCUT2D eigenvalue weighted by molar-refractivity contribution is 7.99. The Hall–Kier alpha value is -0.220. The summed E-state index contributed by atoms with van der Waals surface area (Å²) in [4.78, 5) is 11.7. The molecule has 0 aromatic heterocycles. The van der Waals surface area contributed by atoms with Gasteiger partial charge in [0.25, 0.3) is 0 Å². The van der Waals surface area contributed by atoms with Crippen LogP contribution in [0.25, 0.3) is 0 Å². The number of thioether (sulfide) groups is 1. The quantitative estimate of drug-likeness (QED) is 0.667. The van der Waals surface area contributed by atoms with E-state index in [4.69, 9.17) is 5.73 Å². The molecule has 4 heteroatoms. The average molecular weight is 272 g/mol. The van der Waals surface area contributed by atoms with E-state index in [-0.39, 0.29) is 5.91 Å². The Balaban J connectivity index is 2.34. The maximum Gasteiger partial charge on any atom is 0.238 e. The number of likely N-dealkylation sites (N-methyl/N-ethyl adjacent to an activating group) is 1. The fraction of sp³-hybridized carbons (Fsp3) is 0.929. The Labute approximate surface area is 116 Å². The van der Waals surface area contributed by atoms with E-state index in [1.165, 1.54) is 12.2 Å². The molecule has 1 aliphatic rings. The largest absolute Gasteiger partial charge is 0.368 e. The topological polar surface area (TPSA) is 55.1 Å². The van der Waals surface area contributed by atoms with E-state index in [0.717, 1.165) is 37.4 Å². The first-order chi connectivity index (χ1) is 8.53. The number of rotatable bonds is 8. The molecular weight excluding hydrogens is 244 g/mol. The predicted molar refractivity (Wildman–Crippen MR) is 79.7 cm³/mol. The zero-order valence-electron chi connectivity index (χ0n) is 12.0. The smallest absolute Gasteiger partial charge is 0.238 e. The Bertz CT molecular complexity index is 271. The maximum absolute atomic E-state index is 11.7. The SMILES string of the molecule is CNC1(C(N)=O)CCCC1CCSCCC(C)C. The third kappa shape index (κ3) is 3.89. The predicted octanol–water partition coefficient (Wildman–Crippen LogP) is 2.40. The van der Waals surface area contributed by atoms with Crippen LogP contribution in [0.3, 0.4) is 0 Å². The first-order valence-corrected chi connectivity index (χ1v) is 8.25. The van der Waals surface area contributed by atoms with Crippen LogP contribution in [0.2, 0.25) is 0 Å². The van der Waals surface area contributed by atoms with Gasteiger partial charge in [0.1, 0.15) is 5.54 Å². The van der Waals surface area contributed by atoms with Crippen molar-refractivity contribution in [1.82, 2.24) is 5.32 Å². The summed E-state index contributed by atoms with van der Waals surface area (Å²) in [5, 5.41) is 3.20. The average Bonchev–Trinajstić information content (AvgIpc) is 2.72. The minimum atomic E-state index is -0.432. The molecule has 2 unspecified atom stereocenters. The van der Waals surface area contributed by atoms with E-state index in [2.05, 4.69) is 19.2 Å². The molecule has 1 fully saturated rings. The molecule has 106 valence electrons. The minimum Gasteiger partial charge on any atom is -0.368 e. The molecule has 0 aromatic rings. The summed E-state index contributed by atoms with van der Waals surface area (Å²) in [6.07, 6.45) is 5.54. The fourth-order valence-corrected chi connectivity index (χ4v) is 4.19. The first-order valence-electron chi connectivity index (χ1n) is 7.09. The van der Waals surface area contributed by atoms with Crippen molar-refractivity contribution in [2.45, 2.75) is 51.5 Å². The van der Waals surface area contributed by atoms with Crippen molar-refractivity contribution in [3.05, 3.63) is 0 Å². The summed E-state index contributed by atoms with van der Waals surface area (Å²) in [5.74, 6) is 3.42. The summed E-state index contributed by atoms with van der Waals surface area (Å²) in [5.41, 5.74) is 5.16. The van der Waals surface area contributed by atoms with E-state index >= 15 is 0 Å². The molecular formula is C14H28N2OS. The van der Waals surface area contributed by atoms with Gasteiger partial charge in [0, 0.05) is 0 Å². The zero-order valence-corrected chi connectivity index (χ0v) is 12.8. The van der Waals surface area contributed by atoms with Crippen LogP contribution in [0.1, 0.15) is 46.0 Å². The van der Waals surface area contributed by atoms with Crippen LogP contribution < -0.4 is 11.1 Å². The second-order valence-electron chi connectivity index (χ2n) is 5.76. The number of carbonyl (C=O) groups excluding carboxylic acids is 1. The first kappa shape index (κ1) is 15.8. The van der Waals surface area contributed by atoms with Crippen LogP contribution >= 0.6 is 11.8 Å².